The van der Waals surface area contributed by atoms with E-state index in [1.807, 2.05) is 6.07 Å². The van der Waals surface area contributed by atoms with Crippen molar-refractivity contribution in [2.24, 2.45) is 0 Å². The van der Waals surface area contributed by atoms with Gasteiger partial charge in [0, 0.05) is 0 Å². The molecule has 0 aliphatic heterocycles. The number of aromatic nitrogens is 3. The highest BCUT2D eigenvalue weighted by Gasteiger charge is 2.19. The molecule has 160 valence electrons. The molecule has 4 rings (SSSR count). The minimum atomic E-state index is -0.945. The zero-order valence-electron chi connectivity index (χ0n) is 16.8. The van der Waals surface area contributed by atoms with Crippen LogP contribution in [0.1, 0.15) is 10.4 Å². The van der Waals surface area contributed by atoms with Gasteiger partial charge in [0.25, 0.3) is 0 Å². The molecule has 0 saturated carbocycles. The van der Waals surface area contributed by atoms with Crippen molar-refractivity contribution in [3.63, 3.8) is 0 Å². The Morgan fingerprint density at radius 3 is 2.00 bits per heavy atom. The molecule has 0 aliphatic rings. The lowest BCUT2D eigenvalue weighted by Gasteiger charge is -2.13. The number of benzene rings is 3. The number of esters is 1. The maximum Gasteiger partial charge on any atom is 0.345 e. The van der Waals surface area contributed by atoms with Crippen LogP contribution in [0.4, 0.5) is 0 Å². The van der Waals surface area contributed by atoms with Gasteiger partial charge in [0.1, 0.15) is 17.1 Å². The Hall–Kier alpha value is -4.66. The summed E-state index contributed by atoms with van der Waals surface area (Å²) in [6.07, 6.45) is 0. The van der Waals surface area contributed by atoms with E-state index in [4.69, 9.17) is 9.47 Å². The Bertz CT molecular complexity index is 1450. The molecule has 4 aromatic rings. The SMILES string of the molecule is COC(=O)c1cc(-n2c(=O)[nH]c(=O)n(-c3ccccc3)c2=O)ccc1Oc1ccccc1. The Kier molecular flexibility index (Phi) is 5.54. The average molecular weight is 431 g/mol. The summed E-state index contributed by atoms with van der Waals surface area (Å²) in [5.41, 5.74) is -2.37. The van der Waals surface area contributed by atoms with E-state index in [0.29, 0.717) is 5.75 Å². The molecule has 9 heteroatoms. The minimum Gasteiger partial charge on any atom is -0.465 e. The number of H-pyrrole nitrogens is 1. The molecule has 0 unspecified atom stereocenters. The fourth-order valence-electron chi connectivity index (χ4n) is 3.14. The predicted octanol–water partition coefficient (Wildman–Crippen LogP) is 2.26. The third-order valence-electron chi connectivity index (χ3n) is 4.61. The summed E-state index contributed by atoms with van der Waals surface area (Å²) in [4.78, 5) is 52.5. The molecule has 0 radical (unpaired) electrons. The lowest BCUT2D eigenvalue weighted by atomic mass is 10.1. The molecule has 0 atom stereocenters. The summed E-state index contributed by atoms with van der Waals surface area (Å²) < 4.78 is 12.2. The molecule has 1 N–H and O–H groups in total. The van der Waals surface area contributed by atoms with Crippen LogP contribution < -0.4 is 21.8 Å². The molecule has 9 nitrogen and oxygen atoms in total. The summed E-state index contributed by atoms with van der Waals surface area (Å²) in [6, 6.07) is 21.1. The van der Waals surface area contributed by atoms with Crippen LogP contribution in [0, 0.1) is 0 Å². The zero-order chi connectivity index (χ0) is 22.7. The van der Waals surface area contributed by atoms with Gasteiger partial charge in [-0.15, -0.1) is 0 Å². The Morgan fingerprint density at radius 2 is 1.38 bits per heavy atom. The van der Waals surface area contributed by atoms with Gasteiger partial charge < -0.3 is 9.47 Å². The van der Waals surface area contributed by atoms with Crippen molar-refractivity contribution in [2.75, 3.05) is 7.11 Å². The highest BCUT2D eigenvalue weighted by atomic mass is 16.5. The largest absolute Gasteiger partial charge is 0.465 e. The summed E-state index contributed by atoms with van der Waals surface area (Å²) in [5.74, 6) is -0.0654. The lowest BCUT2D eigenvalue weighted by Crippen LogP contribution is -2.48. The molecule has 0 aliphatic carbocycles. The predicted molar refractivity (Wildman–Crippen MR) is 116 cm³/mol. The van der Waals surface area contributed by atoms with Crippen LogP contribution in [0.3, 0.4) is 0 Å². The molecule has 1 aromatic heterocycles. The molecule has 3 aromatic carbocycles. The van der Waals surface area contributed by atoms with Crippen LogP contribution in [-0.2, 0) is 4.74 Å². The van der Waals surface area contributed by atoms with Crippen molar-refractivity contribution in [1.29, 1.82) is 0 Å². The van der Waals surface area contributed by atoms with Gasteiger partial charge in [0.05, 0.1) is 18.5 Å². The number of para-hydroxylation sites is 2. The molecular weight excluding hydrogens is 414 g/mol. The Balaban J connectivity index is 1.89. The molecule has 0 fully saturated rings. The molecule has 32 heavy (non-hydrogen) atoms. The topological polar surface area (TPSA) is 112 Å². The first-order valence-corrected chi connectivity index (χ1v) is 9.49. The number of carbonyl (C=O) groups excluding carboxylic acids is 1. The number of nitrogens with zero attached hydrogens (tertiary/aromatic N) is 2. The minimum absolute atomic E-state index is 0.00221. The van der Waals surface area contributed by atoms with E-state index < -0.39 is 23.0 Å². The van der Waals surface area contributed by atoms with Crippen molar-refractivity contribution in [1.82, 2.24) is 14.1 Å². The first-order valence-electron chi connectivity index (χ1n) is 9.49. The number of aromatic amines is 1. The van der Waals surface area contributed by atoms with Crippen molar-refractivity contribution in [2.45, 2.75) is 0 Å². The van der Waals surface area contributed by atoms with Crippen molar-refractivity contribution in [3.8, 4) is 22.9 Å². The number of hydrogen-bond donors (Lipinski definition) is 1. The first-order chi connectivity index (χ1) is 15.5. The van der Waals surface area contributed by atoms with Gasteiger partial charge in [0.15, 0.2) is 0 Å². The third-order valence-corrected chi connectivity index (χ3v) is 4.61. The second-order valence-corrected chi connectivity index (χ2v) is 6.61. The number of rotatable bonds is 5. The fraction of sp³-hybridized carbons (Fsp3) is 0.0435. The highest BCUT2D eigenvalue weighted by Crippen LogP contribution is 2.27. The molecule has 0 bridgehead atoms. The standard InChI is InChI=1S/C23H17N3O6/c1-31-20(27)18-14-16(12-13-19(18)32-17-10-6-3-7-11-17)26-22(29)24-21(28)25(23(26)30)15-8-4-2-5-9-15/h2-14H,1H3,(H,24,28,29). The van der Waals surface area contributed by atoms with E-state index in [0.717, 1.165) is 9.13 Å². The monoisotopic (exact) mass is 431 g/mol. The van der Waals surface area contributed by atoms with Gasteiger partial charge in [0.2, 0.25) is 0 Å². The number of nitrogens with one attached hydrogen (secondary N) is 1. The first kappa shape index (κ1) is 20.6. The van der Waals surface area contributed by atoms with Crippen LogP contribution >= 0.6 is 0 Å². The maximum atomic E-state index is 13.1. The molecule has 0 spiro atoms. The second-order valence-electron chi connectivity index (χ2n) is 6.61. The maximum absolute atomic E-state index is 13.1. The summed E-state index contributed by atoms with van der Waals surface area (Å²) in [6.45, 7) is 0. The molecule has 0 saturated heterocycles. The van der Waals surface area contributed by atoms with E-state index in [-0.39, 0.29) is 22.7 Å². The molecule has 1 heterocycles. The van der Waals surface area contributed by atoms with Crippen molar-refractivity contribution < 1.29 is 14.3 Å². The smallest absolute Gasteiger partial charge is 0.345 e. The molecule has 0 amide bonds. The van der Waals surface area contributed by atoms with Crippen LogP contribution in [-0.4, -0.2) is 27.2 Å². The van der Waals surface area contributed by atoms with Gasteiger partial charge in [-0.1, -0.05) is 36.4 Å². The van der Waals surface area contributed by atoms with E-state index >= 15 is 0 Å². The van der Waals surface area contributed by atoms with Gasteiger partial charge in [-0.05, 0) is 42.5 Å². The zero-order valence-corrected chi connectivity index (χ0v) is 16.8. The Morgan fingerprint density at radius 1 is 0.781 bits per heavy atom. The summed E-state index contributed by atoms with van der Waals surface area (Å²) >= 11 is 0. The fourth-order valence-corrected chi connectivity index (χ4v) is 3.14. The van der Waals surface area contributed by atoms with Crippen molar-refractivity contribution >= 4 is 5.97 Å². The van der Waals surface area contributed by atoms with Crippen LogP contribution in [0.15, 0.2) is 93.2 Å². The summed E-state index contributed by atoms with van der Waals surface area (Å²) in [5, 5.41) is 0. The van der Waals surface area contributed by atoms with Gasteiger partial charge in [-0.3, -0.25) is 4.98 Å². The number of ether oxygens (including phenoxy) is 2. The Labute approximate surface area is 180 Å². The van der Waals surface area contributed by atoms with Gasteiger partial charge in [-0.25, -0.2) is 28.3 Å². The highest BCUT2D eigenvalue weighted by molar-refractivity contribution is 5.93. The van der Waals surface area contributed by atoms with Gasteiger partial charge >= 0.3 is 23.0 Å². The van der Waals surface area contributed by atoms with E-state index in [1.165, 1.54) is 25.3 Å². The van der Waals surface area contributed by atoms with Crippen molar-refractivity contribution in [3.05, 3.63) is 116 Å². The number of hydrogen-bond acceptors (Lipinski definition) is 6. The second kappa shape index (κ2) is 8.60. The average Bonchev–Trinajstić information content (AvgIpc) is 2.80. The van der Waals surface area contributed by atoms with E-state index in [1.54, 1.807) is 54.6 Å². The van der Waals surface area contributed by atoms with Crippen LogP contribution in [0.25, 0.3) is 11.4 Å². The molecular formula is C23H17N3O6. The van der Waals surface area contributed by atoms with Crippen LogP contribution in [0.5, 0.6) is 11.5 Å². The third kappa shape index (κ3) is 3.86. The lowest BCUT2D eigenvalue weighted by molar-refractivity contribution is 0.0598. The summed E-state index contributed by atoms with van der Waals surface area (Å²) in [7, 11) is 1.20. The normalized spacial score (nSPS) is 10.5. The number of methoxy groups -OCH3 is 1. The van der Waals surface area contributed by atoms with Crippen LogP contribution in [0.2, 0.25) is 0 Å². The van der Waals surface area contributed by atoms with E-state index in [9.17, 15) is 19.2 Å². The quantitative estimate of drug-likeness (QED) is 0.485. The van der Waals surface area contributed by atoms with E-state index in [2.05, 4.69) is 4.98 Å². The number of carbonyl (C=O) groups is 1. The van der Waals surface area contributed by atoms with Gasteiger partial charge in [-0.2, -0.15) is 0 Å².